The second-order valence-electron chi connectivity index (χ2n) is 3.03. The molecule has 5 heteroatoms. The molecule has 0 N–H and O–H groups in total. The number of thiazole rings is 1. The minimum atomic E-state index is -0.323. The molecule has 2 rings (SSSR count). The summed E-state index contributed by atoms with van der Waals surface area (Å²) in [6, 6.07) is 0. The molecule has 0 unspecified atom stereocenters. The maximum Gasteiger partial charge on any atom is 0.350 e. The third-order valence-corrected chi connectivity index (χ3v) is 2.62. The van der Waals surface area contributed by atoms with Crippen molar-refractivity contribution in [1.29, 1.82) is 0 Å². The van der Waals surface area contributed by atoms with Gasteiger partial charge in [-0.25, -0.2) is 9.78 Å². The molecule has 0 saturated heterocycles. The van der Waals surface area contributed by atoms with Gasteiger partial charge in [0, 0.05) is 0 Å². The van der Waals surface area contributed by atoms with Crippen LogP contribution in [0.1, 0.15) is 29.4 Å². The Balaban J connectivity index is 1.97. The molecule has 1 aliphatic rings. The number of hydrogen-bond donors (Lipinski definition) is 0. The molecule has 0 radical (unpaired) electrons. The van der Waals surface area contributed by atoms with Crippen LogP contribution in [0.25, 0.3) is 0 Å². The molecule has 1 aliphatic carbocycles. The molecule has 0 amide bonds. The van der Waals surface area contributed by atoms with Crippen LogP contribution in [-0.4, -0.2) is 23.7 Å². The van der Waals surface area contributed by atoms with Crippen molar-refractivity contribution in [2.75, 3.05) is 6.61 Å². The fraction of sp³-hybridized carbons (Fsp3) is 0.556. The van der Waals surface area contributed by atoms with Crippen LogP contribution < -0.4 is 4.74 Å². The molecular formula is C9H11NO3S. The molecule has 1 saturated carbocycles. The molecule has 0 spiro atoms. The van der Waals surface area contributed by atoms with E-state index in [1.165, 1.54) is 17.5 Å². The van der Waals surface area contributed by atoms with E-state index in [2.05, 4.69) is 4.98 Å². The van der Waals surface area contributed by atoms with Crippen molar-refractivity contribution in [2.24, 2.45) is 0 Å². The first-order valence-electron chi connectivity index (χ1n) is 4.59. The average Bonchev–Trinajstić information content (AvgIpc) is 2.82. The number of nitrogens with zero attached hydrogens (tertiary/aromatic N) is 1. The van der Waals surface area contributed by atoms with Gasteiger partial charge in [-0.05, 0) is 19.8 Å². The van der Waals surface area contributed by atoms with Gasteiger partial charge in [0.05, 0.1) is 12.8 Å². The van der Waals surface area contributed by atoms with Crippen molar-refractivity contribution in [2.45, 2.75) is 25.9 Å². The Hall–Kier alpha value is -1.10. The molecule has 0 aromatic carbocycles. The lowest BCUT2D eigenvalue weighted by atomic mass is 10.6. The Morgan fingerprint density at radius 2 is 2.50 bits per heavy atom. The Morgan fingerprint density at radius 1 is 1.71 bits per heavy atom. The van der Waals surface area contributed by atoms with Crippen molar-refractivity contribution >= 4 is 17.3 Å². The quantitative estimate of drug-likeness (QED) is 0.716. The smallest absolute Gasteiger partial charge is 0.350 e. The third kappa shape index (κ3) is 2.23. The van der Waals surface area contributed by atoms with Gasteiger partial charge in [-0.3, -0.25) is 0 Å². The normalized spacial score (nSPS) is 15.2. The van der Waals surface area contributed by atoms with Crippen molar-refractivity contribution in [3.05, 3.63) is 11.1 Å². The molecule has 0 atom stereocenters. The van der Waals surface area contributed by atoms with Gasteiger partial charge in [0.25, 0.3) is 5.19 Å². The highest BCUT2D eigenvalue weighted by Gasteiger charge is 2.25. The molecule has 14 heavy (non-hydrogen) atoms. The monoisotopic (exact) mass is 213 g/mol. The fourth-order valence-corrected chi connectivity index (χ4v) is 1.66. The molecule has 1 fully saturated rings. The summed E-state index contributed by atoms with van der Waals surface area (Å²) in [5, 5.41) is 0.565. The Bertz CT molecular complexity index is 333. The summed E-state index contributed by atoms with van der Waals surface area (Å²) < 4.78 is 10.3. The lowest BCUT2D eigenvalue weighted by molar-refractivity contribution is 0.0532. The highest BCUT2D eigenvalue weighted by atomic mass is 32.1. The van der Waals surface area contributed by atoms with E-state index in [9.17, 15) is 4.79 Å². The number of hydrogen-bond acceptors (Lipinski definition) is 5. The van der Waals surface area contributed by atoms with Crippen LogP contribution >= 0.6 is 11.3 Å². The van der Waals surface area contributed by atoms with Gasteiger partial charge in [-0.1, -0.05) is 11.3 Å². The maximum absolute atomic E-state index is 11.3. The first-order chi connectivity index (χ1) is 6.79. The van der Waals surface area contributed by atoms with Gasteiger partial charge in [-0.15, -0.1) is 0 Å². The molecular weight excluding hydrogens is 202 g/mol. The zero-order valence-electron chi connectivity index (χ0n) is 7.86. The van der Waals surface area contributed by atoms with E-state index in [0.717, 1.165) is 12.8 Å². The molecule has 1 heterocycles. The molecule has 1 aromatic rings. The summed E-state index contributed by atoms with van der Waals surface area (Å²) in [6.45, 7) is 2.16. The van der Waals surface area contributed by atoms with Crippen LogP contribution in [0.2, 0.25) is 0 Å². The SMILES string of the molecule is CCOC(=O)c1cnc(OC2CC2)s1. The summed E-state index contributed by atoms with van der Waals surface area (Å²) in [4.78, 5) is 15.7. The number of ether oxygens (including phenoxy) is 2. The van der Waals surface area contributed by atoms with Crippen LogP contribution in [0.3, 0.4) is 0 Å². The molecule has 4 nitrogen and oxygen atoms in total. The Labute approximate surface area is 85.9 Å². The predicted molar refractivity (Wildman–Crippen MR) is 51.7 cm³/mol. The largest absolute Gasteiger partial charge is 0.467 e. The van der Waals surface area contributed by atoms with Gasteiger partial charge in [0.15, 0.2) is 0 Å². The van der Waals surface area contributed by atoms with Crippen molar-refractivity contribution < 1.29 is 14.3 Å². The Kier molecular flexibility index (Phi) is 2.67. The van der Waals surface area contributed by atoms with E-state index in [1.54, 1.807) is 6.92 Å². The van der Waals surface area contributed by atoms with Gasteiger partial charge < -0.3 is 9.47 Å². The summed E-state index contributed by atoms with van der Waals surface area (Å²) in [5.41, 5.74) is 0. The van der Waals surface area contributed by atoms with Crippen LogP contribution in [0.15, 0.2) is 6.20 Å². The van der Waals surface area contributed by atoms with Crippen LogP contribution in [0.5, 0.6) is 5.19 Å². The lowest BCUT2D eigenvalue weighted by Crippen LogP contribution is -2.01. The van der Waals surface area contributed by atoms with Crippen LogP contribution in [-0.2, 0) is 4.74 Å². The van der Waals surface area contributed by atoms with E-state index in [4.69, 9.17) is 9.47 Å². The second kappa shape index (κ2) is 3.96. The number of carbonyl (C=O) groups excluding carboxylic acids is 1. The highest BCUT2D eigenvalue weighted by molar-refractivity contribution is 7.15. The van der Waals surface area contributed by atoms with Gasteiger partial charge in [0.2, 0.25) is 0 Å². The second-order valence-corrected chi connectivity index (χ2v) is 4.02. The van der Waals surface area contributed by atoms with E-state index >= 15 is 0 Å². The van der Waals surface area contributed by atoms with E-state index in [0.29, 0.717) is 22.8 Å². The standard InChI is InChI=1S/C9H11NO3S/c1-2-12-8(11)7-5-10-9(14-7)13-6-3-4-6/h5-6H,2-4H2,1H3. The first kappa shape index (κ1) is 9.45. The van der Waals surface area contributed by atoms with Crippen LogP contribution in [0, 0.1) is 0 Å². The summed E-state index contributed by atoms with van der Waals surface area (Å²) in [7, 11) is 0. The molecule has 0 bridgehead atoms. The average molecular weight is 213 g/mol. The van der Waals surface area contributed by atoms with Gasteiger partial charge >= 0.3 is 5.97 Å². The number of aromatic nitrogens is 1. The van der Waals surface area contributed by atoms with Gasteiger partial charge in [-0.2, -0.15) is 0 Å². The zero-order valence-corrected chi connectivity index (χ0v) is 8.67. The third-order valence-electron chi connectivity index (χ3n) is 1.75. The topological polar surface area (TPSA) is 48.4 Å². The molecule has 76 valence electrons. The fourth-order valence-electron chi connectivity index (χ4n) is 0.938. The van der Waals surface area contributed by atoms with Crippen molar-refractivity contribution in [3.63, 3.8) is 0 Å². The van der Waals surface area contributed by atoms with Crippen LogP contribution in [0.4, 0.5) is 0 Å². The minimum absolute atomic E-state index is 0.316. The molecule has 1 aromatic heterocycles. The zero-order chi connectivity index (χ0) is 9.97. The summed E-state index contributed by atoms with van der Waals surface area (Å²) >= 11 is 1.24. The summed E-state index contributed by atoms with van der Waals surface area (Å²) in [6.07, 6.45) is 4.00. The van der Waals surface area contributed by atoms with E-state index in [-0.39, 0.29) is 5.97 Å². The van der Waals surface area contributed by atoms with Gasteiger partial charge in [0.1, 0.15) is 11.0 Å². The lowest BCUT2D eigenvalue weighted by Gasteiger charge is -1.97. The first-order valence-corrected chi connectivity index (χ1v) is 5.41. The Morgan fingerprint density at radius 3 is 3.14 bits per heavy atom. The van der Waals surface area contributed by atoms with Crippen molar-refractivity contribution in [3.8, 4) is 5.19 Å². The number of carbonyl (C=O) groups is 1. The minimum Gasteiger partial charge on any atom is -0.467 e. The number of esters is 1. The predicted octanol–water partition coefficient (Wildman–Crippen LogP) is 1.86. The molecule has 0 aliphatic heterocycles. The maximum atomic E-state index is 11.3. The van der Waals surface area contributed by atoms with E-state index in [1.807, 2.05) is 0 Å². The number of rotatable bonds is 4. The van der Waals surface area contributed by atoms with E-state index < -0.39 is 0 Å². The van der Waals surface area contributed by atoms with Crippen molar-refractivity contribution in [1.82, 2.24) is 4.98 Å². The summed E-state index contributed by atoms with van der Waals surface area (Å²) in [5.74, 6) is -0.323. The highest BCUT2D eigenvalue weighted by Crippen LogP contribution is 2.29.